The number of carbonyl (C=O) groups excluding carboxylic acids is 1. The van der Waals surface area contributed by atoms with Crippen LogP contribution in [0.2, 0.25) is 0 Å². The Balaban J connectivity index is 1.40. The van der Waals surface area contributed by atoms with Crippen LogP contribution in [0.25, 0.3) is 5.65 Å². The second-order valence-corrected chi connectivity index (χ2v) is 7.63. The molecule has 2 bridgehead atoms. The monoisotopic (exact) mass is 326 g/mol. The van der Waals surface area contributed by atoms with E-state index in [9.17, 15) is 4.79 Å². The van der Waals surface area contributed by atoms with Gasteiger partial charge in [-0.2, -0.15) is 5.10 Å². The standard InChI is InChI=1S/C18H22N4O2/c23-4-3-11-6-19-17-14(7-20-22(17)8-11)18(24)21-9-15-12-1-2-13(5-12)16(15)10-21/h6-8,12-13,15-16,23H,1-5,9-10H2. The van der Waals surface area contributed by atoms with E-state index in [2.05, 4.69) is 10.1 Å². The molecule has 3 fully saturated rings. The lowest BCUT2D eigenvalue weighted by atomic mass is 9.82. The van der Waals surface area contributed by atoms with Crippen molar-refractivity contribution in [3.63, 3.8) is 0 Å². The molecule has 1 amide bonds. The van der Waals surface area contributed by atoms with Crippen molar-refractivity contribution in [2.24, 2.45) is 23.7 Å². The third-order valence-electron chi connectivity index (χ3n) is 6.47. The van der Waals surface area contributed by atoms with Crippen LogP contribution < -0.4 is 0 Å². The van der Waals surface area contributed by atoms with Crippen LogP contribution in [0.3, 0.4) is 0 Å². The van der Waals surface area contributed by atoms with Crippen molar-refractivity contribution in [3.8, 4) is 0 Å². The van der Waals surface area contributed by atoms with Crippen molar-refractivity contribution >= 4 is 11.6 Å². The van der Waals surface area contributed by atoms with E-state index in [4.69, 9.17) is 5.11 Å². The first kappa shape index (κ1) is 14.4. The van der Waals surface area contributed by atoms with Gasteiger partial charge in [-0.3, -0.25) is 4.79 Å². The Morgan fingerprint density at radius 2 is 1.96 bits per heavy atom. The van der Waals surface area contributed by atoms with E-state index in [1.807, 2.05) is 11.1 Å². The first-order valence-electron chi connectivity index (χ1n) is 8.97. The first-order valence-corrected chi connectivity index (χ1v) is 8.97. The molecule has 0 aromatic carbocycles. The van der Waals surface area contributed by atoms with Gasteiger partial charge in [0.2, 0.25) is 0 Å². The number of amides is 1. The van der Waals surface area contributed by atoms with E-state index in [1.165, 1.54) is 19.3 Å². The molecule has 5 rings (SSSR count). The third kappa shape index (κ3) is 2.02. The molecular weight excluding hydrogens is 304 g/mol. The average Bonchev–Trinajstić information content (AvgIpc) is 3.34. The summed E-state index contributed by atoms with van der Waals surface area (Å²) in [6, 6.07) is 0. The Morgan fingerprint density at radius 3 is 2.67 bits per heavy atom. The van der Waals surface area contributed by atoms with Gasteiger partial charge in [0, 0.05) is 32.1 Å². The maximum atomic E-state index is 13.0. The molecule has 2 aromatic heterocycles. The van der Waals surface area contributed by atoms with Gasteiger partial charge in [0.25, 0.3) is 5.91 Å². The Morgan fingerprint density at radius 1 is 1.21 bits per heavy atom. The fourth-order valence-corrected chi connectivity index (χ4v) is 5.34. The summed E-state index contributed by atoms with van der Waals surface area (Å²) in [5.74, 6) is 3.21. The summed E-state index contributed by atoms with van der Waals surface area (Å²) in [7, 11) is 0. The molecule has 1 N–H and O–H groups in total. The Labute approximate surface area is 140 Å². The summed E-state index contributed by atoms with van der Waals surface area (Å²) in [6.07, 6.45) is 9.86. The molecule has 0 radical (unpaired) electrons. The molecular formula is C18H22N4O2. The topological polar surface area (TPSA) is 70.7 Å². The number of aliphatic hydroxyl groups is 1. The molecule has 6 nitrogen and oxygen atoms in total. The lowest BCUT2D eigenvalue weighted by Gasteiger charge is -2.22. The number of rotatable bonds is 3. The highest BCUT2D eigenvalue weighted by Crippen LogP contribution is 2.55. The second kappa shape index (κ2) is 5.28. The Bertz CT molecular complexity index is 783. The predicted molar refractivity (Wildman–Crippen MR) is 87.5 cm³/mol. The summed E-state index contributed by atoms with van der Waals surface area (Å²) >= 11 is 0. The van der Waals surface area contributed by atoms with Gasteiger partial charge in [0.1, 0.15) is 5.56 Å². The minimum absolute atomic E-state index is 0.0706. The normalized spacial score (nSPS) is 31.1. The van der Waals surface area contributed by atoms with Crippen LogP contribution in [0.15, 0.2) is 18.6 Å². The minimum Gasteiger partial charge on any atom is -0.396 e. The van der Waals surface area contributed by atoms with Crippen molar-refractivity contribution in [2.45, 2.75) is 25.7 Å². The third-order valence-corrected chi connectivity index (χ3v) is 6.47. The number of aliphatic hydroxyl groups excluding tert-OH is 1. The van der Waals surface area contributed by atoms with E-state index in [1.54, 1.807) is 16.9 Å². The molecule has 2 saturated carbocycles. The Hall–Kier alpha value is -1.95. The zero-order valence-corrected chi connectivity index (χ0v) is 13.6. The number of hydrogen-bond acceptors (Lipinski definition) is 4. The van der Waals surface area contributed by atoms with Crippen LogP contribution in [-0.2, 0) is 6.42 Å². The number of hydrogen-bond donors (Lipinski definition) is 1. The molecule has 6 heteroatoms. The molecule has 126 valence electrons. The van der Waals surface area contributed by atoms with Gasteiger partial charge in [-0.05, 0) is 54.9 Å². The second-order valence-electron chi connectivity index (χ2n) is 7.63. The molecule has 2 aliphatic carbocycles. The van der Waals surface area contributed by atoms with E-state index in [0.29, 0.717) is 17.6 Å². The van der Waals surface area contributed by atoms with Gasteiger partial charge in [-0.25, -0.2) is 9.50 Å². The highest BCUT2D eigenvalue weighted by atomic mass is 16.3. The van der Waals surface area contributed by atoms with Crippen LogP contribution >= 0.6 is 0 Å². The quantitative estimate of drug-likeness (QED) is 0.925. The minimum atomic E-state index is 0.0706. The lowest BCUT2D eigenvalue weighted by molar-refractivity contribution is 0.0778. The maximum Gasteiger partial charge on any atom is 0.259 e. The molecule has 4 unspecified atom stereocenters. The van der Waals surface area contributed by atoms with Gasteiger partial charge < -0.3 is 10.0 Å². The van der Waals surface area contributed by atoms with Crippen LogP contribution in [0.5, 0.6) is 0 Å². The van der Waals surface area contributed by atoms with Crippen molar-refractivity contribution in [1.82, 2.24) is 19.5 Å². The summed E-state index contributed by atoms with van der Waals surface area (Å²) in [5.41, 5.74) is 2.12. The lowest BCUT2D eigenvalue weighted by Crippen LogP contribution is -2.30. The summed E-state index contributed by atoms with van der Waals surface area (Å²) < 4.78 is 1.65. The molecule has 24 heavy (non-hydrogen) atoms. The van der Waals surface area contributed by atoms with Gasteiger partial charge in [-0.1, -0.05) is 0 Å². The fraction of sp³-hybridized carbons (Fsp3) is 0.611. The fourth-order valence-electron chi connectivity index (χ4n) is 5.34. The van der Waals surface area contributed by atoms with E-state index in [-0.39, 0.29) is 12.5 Å². The van der Waals surface area contributed by atoms with Gasteiger partial charge in [0.05, 0.1) is 6.20 Å². The number of aromatic nitrogens is 3. The smallest absolute Gasteiger partial charge is 0.259 e. The zero-order valence-electron chi connectivity index (χ0n) is 13.6. The van der Waals surface area contributed by atoms with Crippen LogP contribution in [0.4, 0.5) is 0 Å². The van der Waals surface area contributed by atoms with Crippen LogP contribution in [-0.4, -0.2) is 50.2 Å². The molecule has 3 aliphatic rings. The zero-order chi connectivity index (χ0) is 16.3. The van der Waals surface area contributed by atoms with Gasteiger partial charge in [-0.15, -0.1) is 0 Å². The maximum absolute atomic E-state index is 13.0. The van der Waals surface area contributed by atoms with Crippen molar-refractivity contribution < 1.29 is 9.90 Å². The molecule has 4 atom stereocenters. The Kier molecular flexibility index (Phi) is 3.16. The number of carbonyl (C=O) groups is 1. The summed E-state index contributed by atoms with van der Waals surface area (Å²) in [4.78, 5) is 19.4. The molecule has 3 heterocycles. The first-order chi connectivity index (χ1) is 11.7. The highest BCUT2D eigenvalue weighted by molar-refractivity contribution is 5.99. The summed E-state index contributed by atoms with van der Waals surface area (Å²) in [5, 5.41) is 13.3. The van der Waals surface area contributed by atoms with Gasteiger partial charge >= 0.3 is 0 Å². The van der Waals surface area contributed by atoms with E-state index >= 15 is 0 Å². The molecule has 1 saturated heterocycles. The van der Waals surface area contributed by atoms with Crippen molar-refractivity contribution in [3.05, 3.63) is 29.7 Å². The van der Waals surface area contributed by atoms with E-state index in [0.717, 1.165) is 42.3 Å². The molecule has 2 aromatic rings. The summed E-state index contributed by atoms with van der Waals surface area (Å²) in [6.45, 7) is 1.90. The number of likely N-dealkylation sites (tertiary alicyclic amines) is 1. The van der Waals surface area contributed by atoms with E-state index < -0.39 is 0 Å². The SMILES string of the molecule is O=C(c1cnn2cc(CCO)cnc12)N1CC2C3CCC(C3)C2C1. The van der Waals surface area contributed by atoms with Crippen molar-refractivity contribution in [1.29, 1.82) is 0 Å². The van der Waals surface area contributed by atoms with Crippen LogP contribution in [0.1, 0.15) is 35.2 Å². The van der Waals surface area contributed by atoms with Crippen LogP contribution in [0, 0.1) is 23.7 Å². The largest absolute Gasteiger partial charge is 0.396 e. The molecule has 1 aliphatic heterocycles. The van der Waals surface area contributed by atoms with Gasteiger partial charge in [0.15, 0.2) is 5.65 Å². The number of fused-ring (bicyclic) bond motifs is 6. The number of nitrogens with zero attached hydrogens (tertiary/aromatic N) is 4. The average molecular weight is 326 g/mol. The predicted octanol–water partition coefficient (Wildman–Crippen LogP) is 1.38. The highest BCUT2D eigenvalue weighted by Gasteiger charge is 2.52. The molecule has 0 spiro atoms. The van der Waals surface area contributed by atoms with Crippen molar-refractivity contribution in [2.75, 3.05) is 19.7 Å².